The average molecular weight is 389 g/mol. The van der Waals surface area contributed by atoms with Crippen LogP contribution in [0.3, 0.4) is 0 Å². The number of carbonyl (C=O) groups is 1. The van der Waals surface area contributed by atoms with Crippen LogP contribution in [-0.2, 0) is 4.74 Å². The second-order valence-corrected chi connectivity index (χ2v) is 6.85. The molecule has 0 saturated carbocycles. The zero-order chi connectivity index (χ0) is 19.1. The third-order valence-corrected chi connectivity index (χ3v) is 4.94. The van der Waals surface area contributed by atoms with Gasteiger partial charge in [-0.05, 0) is 37.3 Å². The number of nitrogen functional groups attached to an aromatic ring is 1. The van der Waals surface area contributed by atoms with Crippen molar-refractivity contribution in [2.24, 2.45) is 0 Å². The van der Waals surface area contributed by atoms with E-state index in [9.17, 15) is 9.18 Å². The van der Waals surface area contributed by atoms with Crippen LogP contribution in [0.5, 0.6) is 0 Å². The van der Waals surface area contributed by atoms with Crippen molar-refractivity contribution in [2.75, 3.05) is 32.0 Å². The van der Waals surface area contributed by atoms with Crippen molar-refractivity contribution in [3.8, 4) is 11.3 Å². The fourth-order valence-electron chi connectivity index (χ4n) is 3.35. The van der Waals surface area contributed by atoms with E-state index in [1.807, 2.05) is 13.0 Å². The number of rotatable bonds is 2. The normalized spacial score (nSPS) is 14.7. The van der Waals surface area contributed by atoms with Gasteiger partial charge < -0.3 is 19.8 Å². The van der Waals surface area contributed by atoms with Crippen molar-refractivity contribution in [3.63, 3.8) is 0 Å². The summed E-state index contributed by atoms with van der Waals surface area (Å²) in [7, 11) is 0. The predicted molar refractivity (Wildman–Crippen MR) is 101 cm³/mol. The van der Waals surface area contributed by atoms with E-state index in [2.05, 4.69) is 4.98 Å². The minimum atomic E-state index is -0.561. The smallest absolute Gasteiger partial charge is 0.273 e. The van der Waals surface area contributed by atoms with Crippen LogP contribution < -0.4 is 5.73 Å². The summed E-state index contributed by atoms with van der Waals surface area (Å²) in [5.74, 6) is -0.569. The molecule has 2 N–H and O–H groups in total. The first-order valence-corrected chi connectivity index (χ1v) is 8.95. The molecule has 27 heavy (non-hydrogen) atoms. The summed E-state index contributed by atoms with van der Waals surface area (Å²) < 4.78 is 21.7. The van der Waals surface area contributed by atoms with Crippen LogP contribution in [0.1, 0.15) is 16.2 Å². The largest absolute Gasteiger partial charge is 0.382 e. The molecule has 2 aromatic heterocycles. The maximum atomic E-state index is 14.7. The molecule has 0 radical (unpaired) electrons. The van der Waals surface area contributed by atoms with Crippen LogP contribution in [0.4, 0.5) is 10.2 Å². The van der Waals surface area contributed by atoms with Gasteiger partial charge in [0.05, 0.1) is 18.7 Å². The Morgan fingerprint density at radius 1 is 1.26 bits per heavy atom. The fraction of sp³-hybridized carbons (Fsp3) is 0.263. The molecule has 140 valence electrons. The van der Waals surface area contributed by atoms with Gasteiger partial charge in [-0.25, -0.2) is 9.37 Å². The highest BCUT2D eigenvalue weighted by Crippen LogP contribution is 2.31. The number of anilines is 1. The van der Waals surface area contributed by atoms with Crippen molar-refractivity contribution in [3.05, 3.63) is 52.6 Å². The topological polar surface area (TPSA) is 72.9 Å². The lowest BCUT2D eigenvalue weighted by Gasteiger charge is -2.28. The maximum absolute atomic E-state index is 14.7. The molecule has 0 atom stereocenters. The molecule has 0 unspecified atom stereocenters. The highest BCUT2D eigenvalue weighted by molar-refractivity contribution is 6.30. The number of halogens is 2. The van der Waals surface area contributed by atoms with Gasteiger partial charge in [0.2, 0.25) is 0 Å². The van der Waals surface area contributed by atoms with E-state index < -0.39 is 5.82 Å². The van der Waals surface area contributed by atoms with Gasteiger partial charge in [0.1, 0.15) is 23.0 Å². The molecule has 8 heteroatoms. The molecule has 1 amide bonds. The number of nitrogens with zero attached hydrogens (tertiary/aromatic N) is 3. The Bertz CT molecular complexity index is 1040. The van der Waals surface area contributed by atoms with E-state index in [1.54, 1.807) is 21.4 Å². The summed E-state index contributed by atoms with van der Waals surface area (Å²) in [6.45, 7) is 3.73. The molecular formula is C19H18ClFN4O2. The highest BCUT2D eigenvalue weighted by Gasteiger charge is 2.28. The van der Waals surface area contributed by atoms with Crippen molar-refractivity contribution in [1.82, 2.24) is 14.3 Å². The Kier molecular flexibility index (Phi) is 4.49. The fourth-order valence-corrected chi connectivity index (χ4v) is 3.51. The number of fused-ring (bicyclic) bond motifs is 1. The third-order valence-electron chi connectivity index (χ3n) is 4.71. The van der Waals surface area contributed by atoms with E-state index in [1.165, 1.54) is 12.1 Å². The Morgan fingerprint density at radius 2 is 2.00 bits per heavy atom. The first-order valence-electron chi connectivity index (χ1n) is 8.57. The summed E-state index contributed by atoms with van der Waals surface area (Å²) >= 11 is 5.88. The predicted octanol–water partition coefficient (Wildman–Crippen LogP) is 3.16. The van der Waals surface area contributed by atoms with Crippen LogP contribution in [0.15, 0.2) is 30.3 Å². The number of morpholine rings is 1. The minimum Gasteiger partial charge on any atom is -0.382 e. The number of amides is 1. The lowest BCUT2D eigenvalue weighted by atomic mass is 10.1. The summed E-state index contributed by atoms with van der Waals surface area (Å²) in [6.07, 6.45) is 0. The molecule has 3 aromatic rings. The summed E-state index contributed by atoms with van der Waals surface area (Å²) in [4.78, 5) is 19.4. The molecule has 0 aliphatic carbocycles. The summed E-state index contributed by atoms with van der Waals surface area (Å²) in [5.41, 5.74) is 8.19. The lowest BCUT2D eigenvalue weighted by Crippen LogP contribution is -2.41. The summed E-state index contributed by atoms with van der Waals surface area (Å²) in [6, 6.07) is 7.93. The van der Waals surface area contributed by atoms with E-state index >= 15 is 0 Å². The number of ether oxygens (including phenoxy) is 1. The second kappa shape index (κ2) is 6.83. The van der Waals surface area contributed by atoms with Crippen LogP contribution in [0, 0.1) is 12.7 Å². The molecule has 0 bridgehead atoms. The zero-order valence-electron chi connectivity index (χ0n) is 14.7. The molecule has 3 heterocycles. The van der Waals surface area contributed by atoms with E-state index in [0.29, 0.717) is 31.8 Å². The number of aryl methyl sites for hydroxylation is 1. The number of carbonyl (C=O) groups excluding carboxylic acids is 1. The van der Waals surface area contributed by atoms with Crippen molar-refractivity contribution in [1.29, 1.82) is 0 Å². The number of aromatic nitrogens is 2. The van der Waals surface area contributed by atoms with Gasteiger partial charge in [-0.1, -0.05) is 11.6 Å². The van der Waals surface area contributed by atoms with Gasteiger partial charge in [-0.3, -0.25) is 4.79 Å². The van der Waals surface area contributed by atoms with Gasteiger partial charge >= 0.3 is 0 Å². The highest BCUT2D eigenvalue weighted by atomic mass is 35.5. The Morgan fingerprint density at radius 3 is 2.70 bits per heavy atom. The molecule has 1 aliphatic heterocycles. The van der Waals surface area contributed by atoms with Crippen molar-refractivity contribution >= 4 is 28.8 Å². The monoisotopic (exact) mass is 388 g/mol. The minimum absolute atomic E-state index is 0.178. The van der Waals surface area contributed by atoms with E-state index in [4.69, 9.17) is 22.1 Å². The Labute approximate surface area is 160 Å². The van der Waals surface area contributed by atoms with Gasteiger partial charge in [0.25, 0.3) is 5.91 Å². The van der Waals surface area contributed by atoms with Crippen LogP contribution in [0.2, 0.25) is 5.02 Å². The first-order chi connectivity index (χ1) is 13.0. The van der Waals surface area contributed by atoms with Crippen LogP contribution in [-0.4, -0.2) is 46.5 Å². The molecule has 1 saturated heterocycles. The molecule has 6 nitrogen and oxygen atoms in total. The van der Waals surface area contributed by atoms with Crippen molar-refractivity contribution in [2.45, 2.75) is 6.92 Å². The second-order valence-electron chi connectivity index (χ2n) is 6.42. The summed E-state index contributed by atoms with van der Waals surface area (Å²) in [5, 5.41) is 0.267. The quantitative estimate of drug-likeness (QED) is 0.732. The number of benzene rings is 1. The number of hydrogen-bond acceptors (Lipinski definition) is 4. The van der Waals surface area contributed by atoms with Crippen molar-refractivity contribution < 1.29 is 13.9 Å². The van der Waals surface area contributed by atoms with Gasteiger partial charge in [-0.15, -0.1) is 0 Å². The van der Waals surface area contributed by atoms with Crippen LogP contribution >= 0.6 is 11.6 Å². The molecule has 1 aliphatic rings. The zero-order valence-corrected chi connectivity index (χ0v) is 15.5. The first kappa shape index (κ1) is 17.8. The van der Waals surface area contributed by atoms with Gasteiger partial charge in [0, 0.05) is 29.4 Å². The molecule has 1 aromatic carbocycles. The molecule has 0 spiro atoms. The third kappa shape index (κ3) is 3.02. The Balaban J connectivity index is 2.00. The maximum Gasteiger partial charge on any atom is 0.273 e. The number of hydrogen-bond donors (Lipinski definition) is 1. The van der Waals surface area contributed by atoms with E-state index in [0.717, 1.165) is 5.69 Å². The molecule has 1 fully saturated rings. The number of nitrogens with two attached hydrogens (primary N) is 1. The standard InChI is InChI=1S/C19H18ClFN4O2/c1-11-2-5-15-18(22)23-16(13-4-3-12(20)10-14(13)21)17(25(11)15)19(26)24-6-8-27-9-7-24/h2-5,10H,6-9H2,1H3,(H2,22,23). The van der Waals surface area contributed by atoms with Gasteiger partial charge in [-0.2, -0.15) is 0 Å². The molecular weight excluding hydrogens is 371 g/mol. The molecule has 4 rings (SSSR count). The van der Waals surface area contributed by atoms with E-state index in [-0.39, 0.29) is 33.7 Å². The van der Waals surface area contributed by atoms with Crippen LogP contribution in [0.25, 0.3) is 16.8 Å². The Hall–Kier alpha value is -2.64. The van der Waals surface area contributed by atoms with Gasteiger partial charge in [0.15, 0.2) is 0 Å². The average Bonchev–Trinajstić information content (AvgIpc) is 3.04. The lowest BCUT2D eigenvalue weighted by molar-refractivity contribution is 0.0298. The SMILES string of the molecule is Cc1ccc2c(N)nc(-c3ccc(Cl)cc3F)c(C(=O)N3CCOCC3)n12.